The molecule has 5 N–H and O–H groups in total. The molecule has 0 aliphatic carbocycles. The molecule has 0 bridgehead atoms. The van der Waals surface area contributed by atoms with Crippen LogP contribution >= 0.6 is 0 Å². The maximum atomic E-state index is 13.0. The van der Waals surface area contributed by atoms with Crippen molar-refractivity contribution >= 4 is 65.2 Å². The molecule has 0 saturated heterocycles. The number of unbranched alkanes of at least 4 members (excludes halogenated alkanes) is 2. The van der Waals surface area contributed by atoms with Crippen LogP contribution in [-0.4, -0.2) is 161 Å². The van der Waals surface area contributed by atoms with Crippen molar-refractivity contribution in [1.29, 1.82) is 0 Å². The van der Waals surface area contributed by atoms with Gasteiger partial charge < -0.3 is 53.8 Å². The quantitative estimate of drug-likeness (QED) is 0.0160. The summed E-state index contributed by atoms with van der Waals surface area (Å²) in [7, 11) is 0. The lowest BCUT2D eigenvalue weighted by molar-refractivity contribution is -0.325. The highest BCUT2D eigenvalue weighted by atomic mass is 19.4. The van der Waals surface area contributed by atoms with Gasteiger partial charge in [-0.05, 0) is 134 Å². The smallest absolute Gasteiger partial charge is 0.435 e. The Morgan fingerprint density at radius 3 is 1.10 bits per heavy atom. The average molecular weight is 1360 g/mol. The fourth-order valence-electron chi connectivity index (χ4n) is 7.67. The predicted octanol–water partition coefficient (Wildman–Crippen LogP) is 12.2. The molecule has 0 aromatic carbocycles. The fourth-order valence-corrected chi connectivity index (χ4v) is 7.67. The van der Waals surface area contributed by atoms with Crippen molar-refractivity contribution in [2.45, 2.75) is 266 Å². The Balaban J connectivity index is 0. The molecular weight excluding hydrogens is 1260 g/mol. The number of ketones is 3. The largest absolute Gasteiger partial charge is 0.444 e. The van der Waals surface area contributed by atoms with Gasteiger partial charge in [0.1, 0.15) is 52.2 Å². The number of aliphatic hydroxyl groups excluding tert-OH is 1. The summed E-state index contributed by atoms with van der Waals surface area (Å²) in [5, 5.41) is 20.0. The molecule has 0 radical (unpaired) electrons. The molecule has 22 nitrogen and oxygen atoms in total. The van der Waals surface area contributed by atoms with Crippen molar-refractivity contribution < 1.29 is 129 Å². The minimum Gasteiger partial charge on any atom is -0.444 e. The van der Waals surface area contributed by atoms with Crippen molar-refractivity contribution in [3.05, 3.63) is 0 Å². The Labute approximate surface area is 527 Å². The van der Waals surface area contributed by atoms with E-state index < -0.39 is 150 Å². The van der Waals surface area contributed by atoms with Crippen LogP contribution in [0.4, 0.5) is 71.9 Å². The molecule has 0 rings (SSSR count). The van der Waals surface area contributed by atoms with E-state index in [9.17, 15) is 101 Å². The lowest BCUT2D eigenvalue weighted by atomic mass is 9.89. The zero-order valence-corrected chi connectivity index (χ0v) is 55.2. The van der Waals surface area contributed by atoms with Gasteiger partial charge in [0.05, 0.1) is 24.8 Å². The van der Waals surface area contributed by atoms with Gasteiger partial charge in [-0.3, -0.25) is 25.0 Å². The number of amides is 6. The molecule has 0 saturated carbocycles. The third-order valence-electron chi connectivity index (χ3n) is 11.7. The van der Waals surface area contributed by atoms with E-state index in [-0.39, 0.29) is 93.4 Å². The zero-order valence-electron chi connectivity index (χ0n) is 55.2. The molecule has 0 aliphatic rings. The number of carbonyl (C=O) groups excluding carboxylic acids is 9. The number of nitrogens with one attached hydrogen (secondary N) is 4. The van der Waals surface area contributed by atoms with E-state index in [0.717, 1.165) is 0 Å². The standard InChI is InChI=1S/C29H47F6N3O8.C29H45F6N3O8/c2*1-16(2)18(14-17(3)39)22(41)36-19(20(40)15-44-23(28(30,31)32)29(33,34)35)12-10-11-13-21(37-24(42)45-26(4,5)6)38-25(43)46-27(7,8)9/h16,18-20,23,40H,10-15H2,1-9H3,(H,36,41)(H,37,38,42,43);16,18-19,23H,10-15H2,1-9H3,(H,36,41)(H,37,38,42,43)/t18-,19-,20?;18-,19-/m00/s1. The van der Waals surface area contributed by atoms with Crippen LogP contribution in [0.5, 0.6) is 0 Å². The third-order valence-corrected chi connectivity index (χ3v) is 11.7. The Kier molecular flexibility index (Phi) is 35.9. The molecule has 1 unspecified atom stereocenters. The molecule has 0 aliphatic heterocycles. The summed E-state index contributed by atoms with van der Waals surface area (Å²) in [5.74, 6) is -6.44. The predicted molar refractivity (Wildman–Crippen MR) is 309 cm³/mol. The second kappa shape index (κ2) is 37.6. The Morgan fingerprint density at radius 2 is 0.783 bits per heavy atom. The van der Waals surface area contributed by atoms with Gasteiger partial charge in [0.25, 0.3) is 0 Å². The maximum absolute atomic E-state index is 13.0. The number of ether oxygens (including phenoxy) is 6. The van der Waals surface area contributed by atoms with E-state index in [1.165, 1.54) is 13.8 Å². The normalized spacial score (nSPS) is 14.9. The summed E-state index contributed by atoms with van der Waals surface area (Å²) < 4.78 is 184. The summed E-state index contributed by atoms with van der Waals surface area (Å²) in [5.41, 5.74) is -3.62. The number of nitrogens with zero attached hydrogens (tertiary/aromatic N) is 2. The second-order valence-corrected chi connectivity index (χ2v) is 26.1. The fraction of sp³-hybridized carbons (Fsp3) is 0.810. The third kappa shape index (κ3) is 41.4. The summed E-state index contributed by atoms with van der Waals surface area (Å²) >= 11 is 0. The molecule has 92 heavy (non-hydrogen) atoms. The highest BCUT2D eigenvalue weighted by molar-refractivity contribution is 6.01. The number of hydrogen-bond donors (Lipinski definition) is 5. The monoisotopic (exact) mass is 1360 g/mol. The number of amidine groups is 2. The first kappa shape index (κ1) is 87.9. The highest BCUT2D eigenvalue weighted by Gasteiger charge is 2.59. The van der Waals surface area contributed by atoms with Crippen LogP contribution in [0, 0.1) is 23.7 Å². The Bertz CT molecular complexity index is 2450. The highest BCUT2D eigenvalue weighted by Crippen LogP contribution is 2.37. The minimum atomic E-state index is -5.85. The minimum absolute atomic E-state index is 0.00104. The van der Waals surface area contributed by atoms with Crippen LogP contribution in [0.3, 0.4) is 0 Å². The van der Waals surface area contributed by atoms with Gasteiger partial charge in [0.2, 0.25) is 24.0 Å². The van der Waals surface area contributed by atoms with Crippen LogP contribution < -0.4 is 21.3 Å². The molecular formula is C58H92F12N6O16. The number of halogens is 12. The van der Waals surface area contributed by atoms with Gasteiger partial charge >= 0.3 is 49.1 Å². The number of rotatable bonds is 28. The molecule has 34 heteroatoms. The van der Waals surface area contributed by atoms with E-state index in [1.807, 2.05) is 0 Å². The lowest BCUT2D eigenvalue weighted by Crippen LogP contribution is -2.51. The number of aliphatic hydroxyl groups is 1. The van der Waals surface area contributed by atoms with Crippen LogP contribution in [-0.2, 0) is 52.4 Å². The number of hydrogen-bond acceptors (Lipinski definition) is 16. The van der Waals surface area contributed by atoms with Gasteiger partial charge in [-0.25, -0.2) is 19.2 Å². The van der Waals surface area contributed by atoms with Gasteiger partial charge in [0, 0.05) is 37.5 Å². The van der Waals surface area contributed by atoms with Gasteiger partial charge in [-0.15, -0.1) is 0 Å². The van der Waals surface area contributed by atoms with E-state index in [0.29, 0.717) is 0 Å². The summed E-state index contributed by atoms with van der Waals surface area (Å²) in [6.07, 6.45) is -38.5. The summed E-state index contributed by atoms with van der Waals surface area (Å²) in [4.78, 5) is 119. The van der Waals surface area contributed by atoms with Crippen molar-refractivity contribution in [2.24, 2.45) is 33.7 Å². The van der Waals surface area contributed by atoms with Crippen molar-refractivity contribution in [2.75, 3.05) is 13.2 Å². The summed E-state index contributed by atoms with van der Waals surface area (Å²) in [6.45, 7) is 25.1. The van der Waals surface area contributed by atoms with Crippen LogP contribution in [0.25, 0.3) is 0 Å². The van der Waals surface area contributed by atoms with E-state index >= 15 is 0 Å². The first-order valence-corrected chi connectivity index (χ1v) is 29.2. The van der Waals surface area contributed by atoms with Gasteiger partial charge in [-0.1, -0.05) is 40.5 Å². The first-order valence-electron chi connectivity index (χ1n) is 29.2. The molecule has 6 amide bonds. The Morgan fingerprint density at radius 1 is 0.457 bits per heavy atom. The zero-order chi connectivity index (χ0) is 72.5. The van der Waals surface area contributed by atoms with Crippen LogP contribution in [0.1, 0.15) is 189 Å². The Hall–Kier alpha value is -6.19. The molecule has 0 fully saturated rings. The topological polar surface area (TPSA) is 302 Å². The lowest BCUT2D eigenvalue weighted by Gasteiger charge is -2.29. The SMILES string of the molecule is CC(=O)C[C@H](C(=O)N[C@@H](CCCCC(=NC(=O)OC(C)(C)C)NC(=O)OC(C)(C)C)C(=O)COC(C(F)(F)F)C(F)(F)F)C(C)C.CC(=O)C[C@H](C(=O)N[C@@H](CCCCC(=NC(=O)OC(C)(C)C)NC(=O)OC(C)(C)C)C(O)COC(C(F)(F)F)C(F)(F)F)C(C)C. The van der Waals surface area contributed by atoms with Crippen molar-refractivity contribution in [3.63, 3.8) is 0 Å². The maximum Gasteiger partial charge on any atom is 0.435 e. The molecule has 0 aromatic heterocycles. The van der Waals surface area contributed by atoms with Crippen LogP contribution in [0.15, 0.2) is 9.98 Å². The van der Waals surface area contributed by atoms with Gasteiger partial charge in [0.15, 0.2) is 5.78 Å². The van der Waals surface area contributed by atoms with Crippen molar-refractivity contribution in [3.8, 4) is 0 Å². The van der Waals surface area contributed by atoms with E-state index in [4.69, 9.17) is 18.9 Å². The van der Waals surface area contributed by atoms with E-state index in [2.05, 4.69) is 40.7 Å². The molecule has 0 heterocycles. The number of Topliss-reactive ketones (excluding diaryl/α,β-unsaturated/α-hetero) is 3. The first-order chi connectivity index (χ1) is 41.2. The molecule has 534 valence electrons. The van der Waals surface area contributed by atoms with E-state index in [1.54, 1.807) is 111 Å². The molecule has 5 atom stereocenters. The molecule has 0 aromatic rings. The second-order valence-electron chi connectivity index (χ2n) is 26.1. The number of alkyl carbamates (subject to hydrolysis) is 2. The van der Waals surface area contributed by atoms with Crippen LogP contribution in [0.2, 0.25) is 0 Å². The number of alkyl halides is 12. The van der Waals surface area contributed by atoms with Gasteiger partial charge in [-0.2, -0.15) is 62.7 Å². The number of aliphatic imine (C=N–C) groups is 2. The summed E-state index contributed by atoms with van der Waals surface area (Å²) in [6, 6.07) is -2.99. The number of carbonyl (C=O) groups is 9. The van der Waals surface area contributed by atoms with Crippen molar-refractivity contribution in [1.82, 2.24) is 21.3 Å². The molecule has 0 spiro atoms. The average Bonchev–Trinajstić information content (AvgIpc) is 0.850.